The average molecular weight is 328 g/mol. The molecule has 1 aromatic rings. The summed E-state index contributed by atoms with van der Waals surface area (Å²) in [4.78, 5) is 4.32. The summed E-state index contributed by atoms with van der Waals surface area (Å²) in [6, 6.07) is 2.00. The summed E-state index contributed by atoms with van der Waals surface area (Å²) in [5.74, 6) is 0.918. The molecule has 1 fully saturated rings. The van der Waals surface area contributed by atoms with Gasteiger partial charge in [-0.05, 0) is 66.8 Å². The van der Waals surface area contributed by atoms with Crippen LogP contribution in [0.1, 0.15) is 24.8 Å². The Morgan fingerprint density at radius 3 is 3.05 bits per heavy atom. The molecule has 0 saturated carbocycles. The highest BCUT2D eigenvalue weighted by molar-refractivity contribution is 9.10. The van der Waals surface area contributed by atoms with Gasteiger partial charge in [-0.25, -0.2) is 4.98 Å². The number of nitrogens with one attached hydrogen (secondary N) is 2. The van der Waals surface area contributed by atoms with Crippen molar-refractivity contribution < 1.29 is 4.74 Å². The number of rotatable bonds is 6. The summed E-state index contributed by atoms with van der Waals surface area (Å²) in [5, 5.41) is 6.68. The Morgan fingerprint density at radius 2 is 2.26 bits per heavy atom. The summed E-state index contributed by atoms with van der Waals surface area (Å²) in [6.07, 6.45) is 5.56. The highest BCUT2D eigenvalue weighted by Crippen LogP contribution is 2.22. The van der Waals surface area contributed by atoms with Crippen molar-refractivity contribution in [2.45, 2.75) is 32.3 Å². The predicted molar refractivity (Wildman–Crippen MR) is 81.6 cm³/mol. The summed E-state index contributed by atoms with van der Waals surface area (Å²) >= 11 is 3.55. The number of anilines is 1. The van der Waals surface area contributed by atoms with Gasteiger partial charge in [-0.1, -0.05) is 0 Å². The van der Waals surface area contributed by atoms with Crippen LogP contribution < -0.4 is 10.6 Å². The van der Waals surface area contributed by atoms with Crippen molar-refractivity contribution in [2.24, 2.45) is 0 Å². The van der Waals surface area contributed by atoms with E-state index >= 15 is 0 Å². The molecule has 1 aromatic heterocycles. The molecule has 0 radical (unpaired) electrons. The van der Waals surface area contributed by atoms with E-state index < -0.39 is 0 Å². The summed E-state index contributed by atoms with van der Waals surface area (Å²) in [6.45, 7) is 5.95. The van der Waals surface area contributed by atoms with Gasteiger partial charge >= 0.3 is 0 Å². The number of pyridine rings is 1. The van der Waals surface area contributed by atoms with Crippen molar-refractivity contribution in [1.82, 2.24) is 10.3 Å². The van der Waals surface area contributed by atoms with Crippen LogP contribution in [0.4, 0.5) is 5.82 Å². The van der Waals surface area contributed by atoms with Crippen LogP contribution in [0.5, 0.6) is 0 Å². The zero-order valence-electron chi connectivity index (χ0n) is 11.4. The molecule has 0 bridgehead atoms. The van der Waals surface area contributed by atoms with Crippen LogP contribution in [0.3, 0.4) is 0 Å². The van der Waals surface area contributed by atoms with E-state index in [4.69, 9.17) is 4.74 Å². The zero-order valence-corrected chi connectivity index (χ0v) is 13.0. The van der Waals surface area contributed by atoms with Crippen molar-refractivity contribution in [3.63, 3.8) is 0 Å². The van der Waals surface area contributed by atoms with Crippen molar-refractivity contribution >= 4 is 21.7 Å². The number of ether oxygens (including phenoxy) is 1. The molecule has 0 amide bonds. The first-order valence-electron chi connectivity index (χ1n) is 6.94. The van der Waals surface area contributed by atoms with Gasteiger partial charge in [0, 0.05) is 19.3 Å². The average Bonchev–Trinajstić information content (AvgIpc) is 2.44. The molecule has 1 saturated heterocycles. The van der Waals surface area contributed by atoms with E-state index in [1.54, 1.807) is 0 Å². The van der Waals surface area contributed by atoms with Gasteiger partial charge in [0.2, 0.25) is 0 Å². The van der Waals surface area contributed by atoms with Gasteiger partial charge in [-0.3, -0.25) is 0 Å². The van der Waals surface area contributed by atoms with Crippen LogP contribution >= 0.6 is 15.9 Å². The highest BCUT2D eigenvalue weighted by atomic mass is 79.9. The number of hydrogen-bond donors (Lipinski definition) is 2. The monoisotopic (exact) mass is 327 g/mol. The molecule has 0 spiro atoms. The van der Waals surface area contributed by atoms with Crippen molar-refractivity contribution in [2.75, 3.05) is 31.6 Å². The van der Waals surface area contributed by atoms with E-state index in [0.29, 0.717) is 6.10 Å². The molecular formula is C14H22BrN3O. The Kier molecular flexibility index (Phi) is 6.07. The summed E-state index contributed by atoms with van der Waals surface area (Å²) in [7, 11) is 0. The van der Waals surface area contributed by atoms with E-state index in [9.17, 15) is 0 Å². The summed E-state index contributed by atoms with van der Waals surface area (Å²) in [5.41, 5.74) is 1.20. The molecule has 1 aliphatic rings. The van der Waals surface area contributed by atoms with E-state index in [0.717, 1.165) is 55.8 Å². The van der Waals surface area contributed by atoms with Crippen LogP contribution in [0.15, 0.2) is 16.7 Å². The second-order valence-electron chi connectivity index (χ2n) is 4.89. The van der Waals surface area contributed by atoms with E-state index in [1.165, 1.54) is 5.56 Å². The van der Waals surface area contributed by atoms with Crippen LogP contribution in [-0.2, 0) is 4.74 Å². The zero-order chi connectivity index (χ0) is 13.5. The number of aromatic nitrogens is 1. The Hall–Kier alpha value is -0.650. The second-order valence-corrected chi connectivity index (χ2v) is 5.68. The first-order valence-corrected chi connectivity index (χ1v) is 7.74. The number of halogens is 1. The molecule has 5 heteroatoms. The van der Waals surface area contributed by atoms with Gasteiger partial charge in [0.15, 0.2) is 0 Å². The normalized spacial score (nSPS) is 16.5. The van der Waals surface area contributed by atoms with Crippen LogP contribution in [0, 0.1) is 6.92 Å². The van der Waals surface area contributed by atoms with Gasteiger partial charge in [-0.2, -0.15) is 0 Å². The number of nitrogens with zero attached hydrogens (tertiary/aromatic N) is 1. The maximum atomic E-state index is 5.86. The lowest BCUT2D eigenvalue weighted by atomic mass is 10.1. The SMILES string of the molecule is Cc1ccnc(NCCCOC2CCNCC2)c1Br. The van der Waals surface area contributed by atoms with E-state index in [-0.39, 0.29) is 0 Å². The third-order valence-corrected chi connectivity index (χ3v) is 4.34. The topological polar surface area (TPSA) is 46.2 Å². The Bertz CT molecular complexity index is 394. The predicted octanol–water partition coefficient (Wildman–Crippen LogP) is 2.72. The Balaban J connectivity index is 1.62. The minimum atomic E-state index is 0.449. The second kappa shape index (κ2) is 7.82. The van der Waals surface area contributed by atoms with Crippen LogP contribution in [0.25, 0.3) is 0 Å². The first kappa shape index (κ1) is 14.8. The highest BCUT2D eigenvalue weighted by Gasteiger charge is 2.12. The standard InChI is InChI=1S/C14H22BrN3O/c1-11-3-9-18-14(13(11)15)17-6-2-10-19-12-4-7-16-8-5-12/h3,9,12,16H,2,4-8,10H2,1H3,(H,17,18). The number of aryl methyl sites for hydroxylation is 1. The molecule has 0 atom stereocenters. The minimum absolute atomic E-state index is 0.449. The van der Waals surface area contributed by atoms with Crippen molar-refractivity contribution in [1.29, 1.82) is 0 Å². The van der Waals surface area contributed by atoms with Crippen LogP contribution in [-0.4, -0.2) is 37.3 Å². The van der Waals surface area contributed by atoms with Crippen LogP contribution in [0.2, 0.25) is 0 Å². The first-order chi connectivity index (χ1) is 9.27. The number of hydrogen-bond acceptors (Lipinski definition) is 4. The van der Waals surface area contributed by atoms with Gasteiger partial charge in [0.05, 0.1) is 10.6 Å². The lowest BCUT2D eigenvalue weighted by Gasteiger charge is -2.22. The van der Waals surface area contributed by atoms with Crippen molar-refractivity contribution in [3.05, 3.63) is 22.3 Å². The largest absolute Gasteiger partial charge is 0.378 e. The van der Waals surface area contributed by atoms with E-state index in [2.05, 4.69) is 38.5 Å². The van der Waals surface area contributed by atoms with Gasteiger partial charge in [0.25, 0.3) is 0 Å². The molecule has 0 unspecified atom stereocenters. The van der Waals surface area contributed by atoms with Gasteiger partial charge in [-0.15, -0.1) is 0 Å². The lowest BCUT2D eigenvalue weighted by Crippen LogP contribution is -2.32. The minimum Gasteiger partial charge on any atom is -0.378 e. The fourth-order valence-electron chi connectivity index (χ4n) is 2.15. The fourth-order valence-corrected chi connectivity index (χ4v) is 2.53. The Morgan fingerprint density at radius 1 is 1.47 bits per heavy atom. The molecule has 1 aliphatic heterocycles. The lowest BCUT2D eigenvalue weighted by molar-refractivity contribution is 0.0329. The fraction of sp³-hybridized carbons (Fsp3) is 0.643. The molecule has 0 aliphatic carbocycles. The molecule has 106 valence electrons. The summed E-state index contributed by atoms with van der Waals surface area (Å²) < 4.78 is 6.91. The third kappa shape index (κ3) is 4.75. The molecule has 19 heavy (non-hydrogen) atoms. The quantitative estimate of drug-likeness (QED) is 0.789. The Labute approximate surface area is 123 Å². The molecule has 2 rings (SSSR count). The van der Waals surface area contributed by atoms with Gasteiger partial charge in [0.1, 0.15) is 5.82 Å². The molecule has 4 nitrogen and oxygen atoms in total. The molecule has 0 aromatic carbocycles. The molecule has 2 N–H and O–H groups in total. The maximum Gasteiger partial charge on any atom is 0.140 e. The molecular weight excluding hydrogens is 306 g/mol. The third-order valence-electron chi connectivity index (χ3n) is 3.34. The van der Waals surface area contributed by atoms with Gasteiger partial charge < -0.3 is 15.4 Å². The smallest absolute Gasteiger partial charge is 0.140 e. The van der Waals surface area contributed by atoms with Crippen molar-refractivity contribution in [3.8, 4) is 0 Å². The van der Waals surface area contributed by atoms with E-state index in [1.807, 2.05) is 12.3 Å². The number of piperidine rings is 1. The molecule has 2 heterocycles. The maximum absolute atomic E-state index is 5.86.